The third kappa shape index (κ3) is 4.68. The van der Waals surface area contributed by atoms with Crippen molar-refractivity contribution in [2.24, 2.45) is 0 Å². The van der Waals surface area contributed by atoms with Crippen LogP contribution in [0.5, 0.6) is 0 Å². The molecule has 0 saturated carbocycles. The number of amides is 1. The fourth-order valence-corrected chi connectivity index (χ4v) is 3.65. The molecule has 1 amide bonds. The highest BCUT2D eigenvalue weighted by Gasteiger charge is 2.14. The number of aryl methyl sites for hydroxylation is 1. The average Bonchev–Trinajstić information content (AvgIpc) is 3.38. The number of hydrogen-bond donors (Lipinski definition) is 2. The zero-order chi connectivity index (χ0) is 20.1. The Balaban J connectivity index is 1.33. The van der Waals surface area contributed by atoms with Crippen LogP contribution in [0.15, 0.2) is 64.4 Å². The summed E-state index contributed by atoms with van der Waals surface area (Å²) in [6.45, 7) is 2.18. The molecule has 7 heteroatoms. The number of anilines is 1. The first-order chi connectivity index (χ1) is 14.2. The van der Waals surface area contributed by atoms with Gasteiger partial charge in [0.05, 0.1) is 11.3 Å². The Kier molecular flexibility index (Phi) is 5.95. The lowest BCUT2D eigenvalue weighted by molar-refractivity contribution is -0.113. The Labute approximate surface area is 173 Å². The second-order valence-electron chi connectivity index (χ2n) is 6.76. The van der Waals surface area contributed by atoms with E-state index in [4.69, 9.17) is 4.42 Å². The van der Waals surface area contributed by atoms with Gasteiger partial charge in [-0.2, -0.15) is 0 Å². The molecule has 0 fully saturated rings. The molecule has 2 aromatic carbocycles. The number of hydrogen-bond acceptors (Lipinski definition) is 5. The second kappa shape index (κ2) is 8.96. The number of carbonyl (C=O) groups excluding carboxylic acids is 1. The molecule has 148 valence electrons. The zero-order valence-corrected chi connectivity index (χ0v) is 17.0. The first kappa shape index (κ1) is 19.3. The summed E-state index contributed by atoms with van der Waals surface area (Å²) >= 11 is 1.22. The average molecular weight is 407 g/mol. The van der Waals surface area contributed by atoms with Crippen LogP contribution in [-0.4, -0.2) is 26.8 Å². The molecule has 0 bridgehead atoms. The molecule has 2 heterocycles. The highest BCUT2D eigenvalue weighted by atomic mass is 32.2. The Morgan fingerprint density at radius 2 is 1.97 bits per heavy atom. The van der Waals surface area contributed by atoms with Crippen LogP contribution < -0.4 is 5.32 Å². The van der Waals surface area contributed by atoms with E-state index in [2.05, 4.69) is 39.6 Å². The lowest BCUT2D eigenvalue weighted by Crippen LogP contribution is -2.13. The van der Waals surface area contributed by atoms with Crippen molar-refractivity contribution in [1.29, 1.82) is 0 Å². The summed E-state index contributed by atoms with van der Waals surface area (Å²) in [6.07, 6.45) is 5.26. The Morgan fingerprint density at radius 3 is 2.79 bits per heavy atom. The van der Waals surface area contributed by atoms with E-state index >= 15 is 0 Å². The van der Waals surface area contributed by atoms with Gasteiger partial charge >= 0.3 is 0 Å². The summed E-state index contributed by atoms with van der Waals surface area (Å²) in [5.74, 6) is 0.531. The molecule has 4 aromatic rings. The number of aromatic amines is 1. The summed E-state index contributed by atoms with van der Waals surface area (Å²) in [7, 11) is 0. The molecule has 0 saturated heterocycles. The van der Waals surface area contributed by atoms with Crippen molar-refractivity contribution in [2.45, 2.75) is 31.4 Å². The summed E-state index contributed by atoms with van der Waals surface area (Å²) in [6, 6.07) is 15.9. The predicted molar refractivity (Wildman–Crippen MR) is 116 cm³/mol. The van der Waals surface area contributed by atoms with Crippen molar-refractivity contribution in [3.05, 3.63) is 60.3 Å². The molecule has 2 aromatic heterocycles. The second-order valence-corrected chi connectivity index (χ2v) is 7.68. The van der Waals surface area contributed by atoms with Crippen LogP contribution in [0, 0.1) is 0 Å². The summed E-state index contributed by atoms with van der Waals surface area (Å²) in [5, 5.41) is 12.5. The lowest BCUT2D eigenvalue weighted by atomic mass is 10.1. The zero-order valence-electron chi connectivity index (χ0n) is 16.1. The van der Waals surface area contributed by atoms with E-state index in [9.17, 15) is 4.79 Å². The van der Waals surface area contributed by atoms with Crippen LogP contribution in [-0.2, 0) is 11.2 Å². The van der Waals surface area contributed by atoms with E-state index in [1.807, 2.05) is 42.6 Å². The Bertz CT molecular complexity index is 1100. The molecule has 0 aliphatic heterocycles. The maximum absolute atomic E-state index is 12.2. The van der Waals surface area contributed by atoms with Crippen molar-refractivity contribution < 1.29 is 9.21 Å². The number of benzene rings is 2. The number of nitrogens with one attached hydrogen (secondary N) is 2. The number of nitrogens with zero attached hydrogens (tertiary/aromatic N) is 2. The highest BCUT2D eigenvalue weighted by molar-refractivity contribution is 7.99. The van der Waals surface area contributed by atoms with Crippen molar-refractivity contribution in [1.82, 2.24) is 15.2 Å². The lowest BCUT2D eigenvalue weighted by Gasteiger charge is -2.05. The van der Waals surface area contributed by atoms with Crippen LogP contribution in [0.25, 0.3) is 22.4 Å². The monoisotopic (exact) mass is 406 g/mol. The van der Waals surface area contributed by atoms with E-state index in [0.717, 1.165) is 28.6 Å². The smallest absolute Gasteiger partial charge is 0.277 e. The quantitative estimate of drug-likeness (QED) is 0.388. The molecule has 0 radical (unpaired) electrons. The fourth-order valence-electron chi connectivity index (χ4n) is 3.09. The Hall–Kier alpha value is -3.06. The van der Waals surface area contributed by atoms with E-state index in [1.165, 1.54) is 30.2 Å². The van der Waals surface area contributed by atoms with Gasteiger partial charge < -0.3 is 14.7 Å². The molecule has 0 aliphatic carbocycles. The molecular formula is C22H22N4O2S. The van der Waals surface area contributed by atoms with Crippen molar-refractivity contribution >= 4 is 34.3 Å². The first-order valence-corrected chi connectivity index (χ1v) is 10.6. The topological polar surface area (TPSA) is 83.8 Å². The SMILES string of the molecule is CCCCc1ccc(NC(=O)CSc2nnc(-c3c[nH]c4ccccc34)o2)cc1. The van der Waals surface area contributed by atoms with Gasteiger partial charge in [-0.25, -0.2) is 0 Å². The largest absolute Gasteiger partial charge is 0.411 e. The molecule has 0 atom stereocenters. The van der Waals surface area contributed by atoms with Crippen molar-refractivity contribution in [3.63, 3.8) is 0 Å². The molecule has 0 unspecified atom stereocenters. The summed E-state index contributed by atoms with van der Waals surface area (Å²) < 4.78 is 5.73. The minimum atomic E-state index is -0.108. The minimum Gasteiger partial charge on any atom is -0.411 e. The van der Waals surface area contributed by atoms with Gasteiger partial charge in [0.25, 0.3) is 11.1 Å². The molecule has 4 rings (SSSR count). The number of para-hydroxylation sites is 1. The first-order valence-electron chi connectivity index (χ1n) is 9.64. The minimum absolute atomic E-state index is 0.108. The van der Waals surface area contributed by atoms with Gasteiger partial charge in [0.2, 0.25) is 5.91 Å². The molecule has 0 spiro atoms. The summed E-state index contributed by atoms with van der Waals surface area (Å²) in [4.78, 5) is 15.4. The fraction of sp³-hybridized carbons (Fsp3) is 0.227. The van der Waals surface area contributed by atoms with E-state index < -0.39 is 0 Å². The maximum atomic E-state index is 12.2. The number of fused-ring (bicyclic) bond motifs is 1. The third-order valence-corrected chi connectivity index (χ3v) is 5.43. The van der Waals surface area contributed by atoms with Crippen LogP contribution in [0.3, 0.4) is 0 Å². The normalized spacial score (nSPS) is 11.1. The number of rotatable bonds is 8. The number of carbonyl (C=O) groups is 1. The van der Waals surface area contributed by atoms with Crippen LogP contribution in [0.1, 0.15) is 25.3 Å². The van der Waals surface area contributed by atoms with Crippen LogP contribution in [0.2, 0.25) is 0 Å². The number of thioether (sulfide) groups is 1. The van der Waals surface area contributed by atoms with Crippen LogP contribution in [0.4, 0.5) is 5.69 Å². The van der Waals surface area contributed by atoms with Gasteiger partial charge in [0.1, 0.15) is 0 Å². The number of aromatic nitrogens is 3. The highest BCUT2D eigenvalue weighted by Crippen LogP contribution is 2.29. The van der Waals surface area contributed by atoms with Gasteiger partial charge in [-0.05, 0) is 36.6 Å². The van der Waals surface area contributed by atoms with Crippen molar-refractivity contribution in [3.8, 4) is 11.5 Å². The van der Waals surface area contributed by atoms with Crippen molar-refractivity contribution in [2.75, 3.05) is 11.1 Å². The molecule has 2 N–H and O–H groups in total. The summed E-state index contributed by atoms with van der Waals surface area (Å²) in [5.41, 5.74) is 3.94. The number of H-pyrrole nitrogens is 1. The molecule has 0 aliphatic rings. The molecular weight excluding hydrogens is 384 g/mol. The van der Waals surface area contributed by atoms with Gasteiger partial charge in [-0.3, -0.25) is 4.79 Å². The van der Waals surface area contributed by atoms with E-state index in [0.29, 0.717) is 11.1 Å². The third-order valence-electron chi connectivity index (χ3n) is 4.61. The molecule has 6 nitrogen and oxygen atoms in total. The van der Waals surface area contributed by atoms with Gasteiger partial charge in [-0.1, -0.05) is 55.4 Å². The Morgan fingerprint density at radius 1 is 1.14 bits per heavy atom. The standard InChI is InChI=1S/C22H22N4O2S/c1-2-3-6-15-9-11-16(12-10-15)24-20(27)14-29-22-26-25-21(28-22)18-13-23-19-8-5-4-7-17(18)19/h4-5,7-13,23H,2-3,6,14H2,1H3,(H,24,27). The van der Waals surface area contributed by atoms with Gasteiger partial charge in [0.15, 0.2) is 0 Å². The predicted octanol–water partition coefficient (Wildman–Crippen LogP) is 5.29. The number of unbranched alkanes of at least 4 members (excludes halogenated alkanes) is 1. The van der Waals surface area contributed by atoms with Crippen LogP contribution >= 0.6 is 11.8 Å². The van der Waals surface area contributed by atoms with E-state index in [1.54, 1.807) is 0 Å². The van der Waals surface area contributed by atoms with Gasteiger partial charge in [0, 0.05) is 22.8 Å². The van der Waals surface area contributed by atoms with E-state index in [-0.39, 0.29) is 11.7 Å². The maximum Gasteiger partial charge on any atom is 0.277 e. The van der Waals surface area contributed by atoms with Gasteiger partial charge in [-0.15, -0.1) is 10.2 Å². The molecule has 29 heavy (non-hydrogen) atoms.